The maximum absolute atomic E-state index is 12.1. The van der Waals surface area contributed by atoms with Crippen LogP contribution in [0.3, 0.4) is 0 Å². The lowest BCUT2D eigenvalue weighted by molar-refractivity contribution is -0.136. The summed E-state index contributed by atoms with van der Waals surface area (Å²) in [4.78, 5) is 21.4. The largest absolute Gasteiger partial charge is 0.497 e. The molecule has 2 fully saturated rings. The van der Waals surface area contributed by atoms with E-state index in [9.17, 15) is 4.79 Å². The fourth-order valence-electron chi connectivity index (χ4n) is 4.02. The molecule has 0 unspecified atom stereocenters. The minimum Gasteiger partial charge on any atom is -0.497 e. The van der Waals surface area contributed by atoms with Gasteiger partial charge in [-0.05, 0) is 56.0 Å². The Morgan fingerprint density at radius 1 is 1.08 bits per heavy atom. The number of anilines is 1. The number of hydrogen-bond donors (Lipinski definition) is 0. The third-order valence-corrected chi connectivity index (χ3v) is 5.47. The van der Waals surface area contributed by atoms with Crippen molar-refractivity contribution in [1.29, 1.82) is 0 Å². The zero-order valence-electron chi connectivity index (χ0n) is 14.8. The summed E-state index contributed by atoms with van der Waals surface area (Å²) in [6, 6.07) is 10.6. The van der Waals surface area contributed by atoms with Gasteiger partial charge in [0, 0.05) is 37.5 Å². The number of rotatable bonds is 3. The van der Waals surface area contributed by atoms with E-state index in [0.29, 0.717) is 11.9 Å². The average Bonchev–Trinajstić information content (AvgIpc) is 2.68. The highest BCUT2D eigenvalue weighted by molar-refractivity contribution is 5.82. The predicted molar refractivity (Wildman–Crippen MR) is 99.1 cm³/mol. The van der Waals surface area contributed by atoms with Gasteiger partial charge in [-0.2, -0.15) is 0 Å². The Morgan fingerprint density at radius 3 is 2.68 bits per heavy atom. The Balaban J connectivity index is 1.45. The fraction of sp³-hybridized carbons (Fsp3) is 0.500. The van der Waals surface area contributed by atoms with Crippen LogP contribution in [0.25, 0.3) is 10.9 Å². The number of fused-ring (bicyclic) bond motifs is 1. The van der Waals surface area contributed by atoms with E-state index in [1.54, 1.807) is 7.11 Å². The number of carbonyl (C=O) groups excluding carboxylic acids is 1. The van der Waals surface area contributed by atoms with Gasteiger partial charge >= 0.3 is 0 Å². The second-order valence-corrected chi connectivity index (χ2v) is 6.99. The van der Waals surface area contributed by atoms with Crippen molar-refractivity contribution >= 4 is 22.6 Å². The van der Waals surface area contributed by atoms with Crippen LogP contribution in [0.15, 0.2) is 30.3 Å². The molecular weight excluding hydrogens is 314 g/mol. The number of benzene rings is 1. The molecule has 2 aromatic rings. The van der Waals surface area contributed by atoms with Crippen molar-refractivity contribution in [3.8, 4) is 5.75 Å². The first-order chi connectivity index (χ1) is 12.2. The minimum absolute atomic E-state index is 0.350. The summed E-state index contributed by atoms with van der Waals surface area (Å²) in [5.74, 6) is 2.23. The van der Waals surface area contributed by atoms with Crippen molar-refractivity contribution in [3.63, 3.8) is 0 Å². The van der Waals surface area contributed by atoms with Crippen LogP contribution in [0.1, 0.15) is 32.1 Å². The van der Waals surface area contributed by atoms with E-state index in [-0.39, 0.29) is 0 Å². The molecule has 5 heteroatoms. The van der Waals surface area contributed by atoms with Gasteiger partial charge in [0.15, 0.2) is 0 Å². The molecule has 0 bridgehead atoms. The van der Waals surface area contributed by atoms with E-state index in [2.05, 4.69) is 21.9 Å². The highest BCUT2D eigenvalue weighted by Crippen LogP contribution is 2.26. The van der Waals surface area contributed by atoms with Gasteiger partial charge in [-0.3, -0.25) is 4.79 Å². The molecule has 1 aromatic carbocycles. The number of methoxy groups -OCH3 is 1. The summed E-state index contributed by atoms with van der Waals surface area (Å²) in [5, 5.41) is 1.09. The van der Waals surface area contributed by atoms with Crippen molar-refractivity contribution < 1.29 is 9.53 Å². The number of likely N-dealkylation sites (tertiary alicyclic amines) is 1. The molecular formula is C20H25N3O2. The Bertz CT molecular complexity index is 769. The Morgan fingerprint density at radius 2 is 1.92 bits per heavy atom. The number of piperidine rings is 2. The summed E-state index contributed by atoms with van der Waals surface area (Å²) >= 11 is 0. The summed E-state index contributed by atoms with van der Waals surface area (Å²) in [5.41, 5.74) is 0.992. The maximum atomic E-state index is 12.1. The van der Waals surface area contributed by atoms with Crippen LogP contribution in [0.4, 0.5) is 5.82 Å². The van der Waals surface area contributed by atoms with E-state index in [0.717, 1.165) is 74.2 Å². The van der Waals surface area contributed by atoms with Gasteiger partial charge in [0.25, 0.3) is 0 Å². The average molecular weight is 339 g/mol. The molecule has 0 atom stereocenters. The van der Waals surface area contributed by atoms with Crippen molar-refractivity contribution in [2.75, 3.05) is 31.6 Å². The first kappa shape index (κ1) is 16.2. The van der Waals surface area contributed by atoms with E-state index >= 15 is 0 Å². The van der Waals surface area contributed by atoms with E-state index in [4.69, 9.17) is 9.72 Å². The molecule has 4 rings (SSSR count). The van der Waals surface area contributed by atoms with Gasteiger partial charge in [-0.15, -0.1) is 0 Å². The Hall–Kier alpha value is -2.30. The topological polar surface area (TPSA) is 45.7 Å². The highest BCUT2D eigenvalue weighted by Gasteiger charge is 2.29. The number of hydrogen-bond acceptors (Lipinski definition) is 4. The van der Waals surface area contributed by atoms with Crippen LogP contribution < -0.4 is 9.64 Å². The number of nitrogens with zero attached hydrogens (tertiary/aromatic N) is 3. The highest BCUT2D eigenvalue weighted by atomic mass is 16.5. The molecule has 0 saturated carbocycles. The van der Waals surface area contributed by atoms with Crippen LogP contribution in [0, 0.1) is 0 Å². The quantitative estimate of drug-likeness (QED) is 0.861. The van der Waals surface area contributed by atoms with Gasteiger partial charge in [-0.25, -0.2) is 4.98 Å². The fourth-order valence-corrected chi connectivity index (χ4v) is 4.02. The van der Waals surface area contributed by atoms with Crippen LogP contribution in [-0.4, -0.2) is 48.6 Å². The number of amides is 1. The molecule has 1 amide bonds. The second-order valence-electron chi connectivity index (χ2n) is 6.99. The third-order valence-electron chi connectivity index (χ3n) is 5.47. The lowest BCUT2D eigenvalue weighted by atomic mass is 9.99. The number of pyridine rings is 1. The minimum atomic E-state index is 0.350. The predicted octanol–water partition coefficient (Wildman–Crippen LogP) is 3.22. The third kappa shape index (κ3) is 3.28. The van der Waals surface area contributed by atoms with Gasteiger partial charge < -0.3 is 14.5 Å². The normalized spacial score (nSPS) is 19.5. The lowest BCUT2D eigenvalue weighted by Gasteiger charge is -2.40. The lowest BCUT2D eigenvalue weighted by Crippen LogP contribution is -2.49. The van der Waals surface area contributed by atoms with Crippen molar-refractivity contribution in [2.45, 2.75) is 38.1 Å². The van der Waals surface area contributed by atoms with Crippen LogP contribution in [0.2, 0.25) is 0 Å². The van der Waals surface area contributed by atoms with Gasteiger partial charge in [0.2, 0.25) is 5.91 Å². The van der Waals surface area contributed by atoms with Crippen molar-refractivity contribution in [1.82, 2.24) is 9.88 Å². The van der Waals surface area contributed by atoms with Crippen LogP contribution in [-0.2, 0) is 4.79 Å². The van der Waals surface area contributed by atoms with Gasteiger partial charge in [-0.1, -0.05) is 0 Å². The molecule has 1 aromatic heterocycles. The number of ether oxygens (including phenoxy) is 1. The van der Waals surface area contributed by atoms with E-state index < -0.39 is 0 Å². The first-order valence-corrected chi connectivity index (χ1v) is 9.24. The second kappa shape index (κ2) is 6.90. The molecule has 2 aliphatic rings. The zero-order chi connectivity index (χ0) is 17.2. The molecule has 2 saturated heterocycles. The molecule has 2 aliphatic heterocycles. The van der Waals surface area contributed by atoms with Crippen molar-refractivity contribution in [2.24, 2.45) is 0 Å². The first-order valence-electron chi connectivity index (χ1n) is 9.24. The van der Waals surface area contributed by atoms with Gasteiger partial charge in [0.05, 0.1) is 12.6 Å². The van der Waals surface area contributed by atoms with Crippen LogP contribution >= 0.6 is 0 Å². The molecule has 0 N–H and O–H groups in total. The molecule has 0 spiro atoms. The molecule has 5 nitrogen and oxygen atoms in total. The molecule has 0 aliphatic carbocycles. The number of carbonyl (C=O) groups is 1. The summed E-state index contributed by atoms with van der Waals surface area (Å²) in [6.07, 6.45) is 5.01. The molecule has 0 radical (unpaired) electrons. The molecule has 25 heavy (non-hydrogen) atoms. The summed E-state index contributed by atoms with van der Waals surface area (Å²) < 4.78 is 5.28. The monoisotopic (exact) mass is 339 g/mol. The molecule has 3 heterocycles. The van der Waals surface area contributed by atoms with Crippen LogP contribution in [0.5, 0.6) is 5.75 Å². The Kier molecular flexibility index (Phi) is 4.47. The number of aromatic nitrogens is 1. The van der Waals surface area contributed by atoms with E-state index in [1.165, 1.54) is 0 Å². The summed E-state index contributed by atoms with van der Waals surface area (Å²) in [6.45, 7) is 2.87. The standard InChI is InChI=1S/C20H25N3O2/c1-25-17-6-7-18-15(14-17)5-8-19(21-18)22-12-9-16(10-13-22)23-11-3-2-4-20(23)24/h5-8,14,16H,2-4,9-13H2,1H3. The van der Waals surface area contributed by atoms with Crippen molar-refractivity contribution in [3.05, 3.63) is 30.3 Å². The molecule has 132 valence electrons. The smallest absolute Gasteiger partial charge is 0.222 e. The zero-order valence-corrected chi connectivity index (χ0v) is 14.8. The van der Waals surface area contributed by atoms with Gasteiger partial charge in [0.1, 0.15) is 11.6 Å². The SMILES string of the molecule is COc1ccc2nc(N3CCC(N4CCCCC4=O)CC3)ccc2c1. The van der Waals surface area contributed by atoms with E-state index in [1.807, 2.05) is 18.2 Å². The Labute approximate surface area is 148 Å². The summed E-state index contributed by atoms with van der Waals surface area (Å²) in [7, 11) is 1.68. The maximum Gasteiger partial charge on any atom is 0.222 e.